The van der Waals surface area contributed by atoms with E-state index in [0.717, 1.165) is 15.7 Å². The number of para-hydroxylation sites is 1. The molecule has 0 fully saturated rings. The van der Waals surface area contributed by atoms with Gasteiger partial charge in [-0.15, -0.1) is 0 Å². The Morgan fingerprint density at radius 3 is 2.68 bits per heavy atom. The van der Waals surface area contributed by atoms with Crippen molar-refractivity contribution in [3.8, 4) is 0 Å². The molecule has 0 aliphatic carbocycles. The van der Waals surface area contributed by atoms with Gasteiger partial charge in [-0.1, -0.05) is 28.1 Å². The molecule has 2 N–H and O–H groups in total. The molecule has 0 saturated heterocycles. The van der Waals surface area contributed by atoms with E-state index in [1.807, 2.05) is 24.3 Å². The number of hydrogen-bond acceptors (Lipinski definition) is 3. The molecule has 2 aromatic rings. The van der Waals surface area contributed by atoms with E-state index < -0.39 is 5.66 Å². The second-order valence-corrected chi connectivity index (χ2v) is 6.32. The first kappa shape index (κ1) is 13.3. The van der Waals surface area contributed by atoms with E-state index >= 15 is 0 Å². The Hall–Kier alpha value is -2.34. The molecule has 6 heteroatoms. The van der Waals surface area contributed by atoms with Crippen molar-refractivity contribution in [3.63, 3.8) is 0 Å². The quantitative estimate of drug-likeness (QED) is 0.761. The average Bonchev–Trinajstić information content (AvgIpc) is 2.70. The van der Waals surface area contributed by atoms with Gasteiger partial charge in [-0.2, -0.15) is 0 Å². The number of rotatable bonds is 0. The van der Waals surface area contributed by atoms with Crippen molar-refractivity contribution in [2.45, 2.75) is 5.66 Å². The molecule has 110 valence electrons. The number of benzene rings is 2. The molecule has 1 spiro atoms. The van der Waals surface area contributed by atoms with Gasteiger partial charge in [0.15, 0.2) is 0 Å². The average molecular weight is 358 g/mol. The molecule has 2 aliphatic heterocycles. The number of nitrogens with zero attached hydrogens (tertiary/aromatic N) is 1. The molecule has 4 rings (SSSR count). The lowest BCUT2D eigenvalue weighted by Crippen LogP contribution is -2.60. The lowest BCUT2D eigenvalue weighted by Gasteiger charge is -2.36. The van der Waals surface area contributed by atoms with Crippen molar-refractivity contribution < 1.29 is 9.59 Å². The molecular weight excluding hydrogens is 346 g/mol. The van der Waals surface area contributed by atoms with Gasteiger partial charge in [-0.05, 0) is 30.3 Å². The molecule has 22 heavy (non-hydrogen) atoms. The van der Waals surface area contributed by atoms with Crippen LogP contribution in [0.15, 0.2) is 46.9 Å². The predicted octanol–water partition coefficient (Wildman–Crippen LogP) is 2.43. The number of nitrogens with one attached hydrogen (secondary N) is 2. The Balaban J connectivity index is 1.95. The van der Waals surface area contributed by atoms with Crippen LogP contribution in [0.2, 0.25) is 0 Å². The largest absolute Gasteiger partial charge is 0.350 e. The standard InChI is InChI=1S/C16H12BrN3O2/c1-20-13-7-6-9(17)8-11(13)16(15(20)22)18-12-5-3-2-4-10(12)14(21)19-16/h2-8,18H,1H3,(H,19,21)/t16-/m0/s1. The fourth-order valence-corrected chi connectivity index (χ4v) is 3.44. The molecule has 0 aromatic heterocycles. The van der Waals surface area contributed by atoms with Crippen molar-refractivity contribution >= 4 is 39.1 Å². The van der Waals surface area contributed by atoms with Gasteiger partial charge in [0.05, 0.1) is 11.3 Å². The third kappa shape index (κ3) is 1.58. The first-order valence-electron chi connectivity index (χ1n) is 6.81. The number of carbonyl (C=O) groups is 2. The fourth-order valence-electron chi connectivity index (χ4n) is 3.08. The highest BCUT2D eigenvalue weighted by atomic mass is 79.9. The summed E-state index contributed by atoms with van der Waals surface area (Å²) in [7, 11) is 1.71. The van der Waals surface area contributed by atoms with Crippen molar-refractivity contribution in [2.75, 3.05) is 17.3 Å². The summed E-state index contributed by atoms with van der Waals surface area (Å²) in [5, 5.41) is 6.07. The summed E-state index contributed by atoms with van der Waals surface area (Å²) in [5.41, 5.74) is 1.45. The van der Waals surface area contributed by atoms with E-state index in [2.05, 4.69) is 26.6 Å². The van der Waals surface area contributed by atoms with Gasteiger partial charge in [0.25, 0.3) is 11.8 Å². The van der Waals surface area contributed by atoms with Gasteiger partial charge < -0.3 is 15.5 Å². The summed E-state index contributed by atoms with van der Waals surface area (Å²) in [6, 6.07) is 12.8. The molecule has 0 saturated carbocycles. The molecule has 2 aliphatic rings. The minimum atomic E-state index is -1.25. The summed E-state index contributed by atoms with van der Waals surface area (Å²) < 4.78 is 0.851. The summed E-state index contributed by atoms with van der Waals surface area (Å²) in [4.78, 5) is 26.9. The van der Waals surface area contributed by atoms with Crippen LogP contribution >= 0.6 is 15.9 Å². The molecule has 2 aromatic carbocycles. The predicted molar refractivity (Wildman–Crippen MR) is 86.8 cm³/mol. The molecule has 2 amide bonds. The lowest BCUT2D eigenvalue weighted by atomic mass is 9.96. The topological polar surface area (TPSA) is 61.4 Å². The molecule has 0 bridgehead atoms. The maximum atomic E-state index is 12.8. The third-order valence-corrected chi connectivity index (χ3v) is 4.64. The van der Waals surface area contributed by atoms with E-state index in [1.54, 1.807) is 30.1 Å². The Bertz CT molecular complexity index is 836. The molecule has 0 radical (unpaired) electrons. The number of fused-ring (bicyclic) bond motifs is 3. The second-order valence-electron chi connectivity index (χ2n) is 5.40. The normalized spacial score (nSPS) is 22.2. The fraction of sp³-hybridized carbons (Fsp3) is 0.125. The van der Waals surface area contributed by atoms with E-state index in [0.29, 0.717) is 11.3 Å². The van der Waals surface area contributed by atoms with Crippen LogP contribution in [0.4, 0.5) is 11.4 Å². The zero-order chi connectivity index (χ0) is 15.5. The van der Waals surface area contributed by atoms with E-state index in [4.69, 9.17) is 0 Å². The van der Waals surface area contributed by atoms with Gasteiger partial charge in [-0.3, -0.25) is 9.59 Å². The van der Waals surface area contributed by atoms with Crippen LogP contribution in [-0.2, 0) is 10.5 Å². The van der Waals surface area contributed by atoms with Gasteiger partial charge in [-0.25, -0.2) is 0 Å². The number of likely N-dealkylation sites (N-methyl/N-ethyl adjacent to an activating group) is 1. The summed E-state index contributed by atoms with van der Waals surface area (Å²) in [6.45, 7) is 0. The Morgan fingerprint density at radius 2 is 1.86 bits per heavy atom. The van der Waals surface area contributed by atoms with Gasteiger partial charge in [0, 0.05) is 22.8 Å². The van der Waals surface area contributed by atoms with Crippen LogP contribution in [0.25, 0.3) is 0 Å². The Morgan fingerprint density at radius 1 is 1.09 bits per heavy atom. The molecule has 0 unspecified atom stereocenters. The monoisotopic (exact) mass is 357 g/mol. The molecular formula is C16H12BrN3O2. The summed E-state index contributed by atoms with van der Waals surface area (Å²) in [5.74, 6) is -0.465. The lowest BCUT2D eigenvalue weighted by molar-refractivity contribution is -0.122. The van der Waals surface area contributed by atoms with Crippen LogP contribution in [0.5, 0.6) is 0 Å². The highest BCUT2D eigenvalue weighted by molar-refractivity contribution is 9.10. The van der Waals surface area contributed by atoms with Gasteiger partial charge in [0.1, 0.15) is 0 Å². The molecule has 2 heterocycles. The highest BCUT2D eigenvalue weighted by Gasteiger charge is 2.53. The Kier molecular flexibility index (Phi) is 2.62. The van der Waals surface area contributed by atoms with E-state index in [9.17, 15) is 9.59 Å². The maximum Gasteiger partial charge on any atom is 0.278 e. The Labute approximate surface area is 135 Å². The maximum absolute atomic E-state index is 12.8. The summed E-state index contributed by atoms with van der Waals surface area (Å²) in [6.07, 6.45) is 0. The van der Waals surface area contributed by atoms with Gasteiger partial charge >= 0.3 is 0 Å². The van der Waals surface area contributed by atoms with Crippen LogP contribution in [-0.4, -0.2) is 18.9 Å². The zero-order valence-corrected chi connectivity index (χ0v) is 13.3. The number of anilines is 2. The highest BCUT2D eigenvalue weighted by Crippen LogP contribution is 2.43. The number of halogens is 1. The van der Waals surface area contributed by atoms with Crippen LogP contribution in [0.3, 0.4) is 0 Å². The van der Waals surface area contributed by atoms with Crippen LogP contribution in [0.1, 0.15) is 15.9 Å². The van der Waals surface area contributed by atoms with E-state index in [-0.39, 0.29) is 11.8 Å². The van der Waals surface area contributed by atoms with Crippen molar-refractivity contribution in [1.29, 1.82) is 0 Å². The minimum Gasteiger partial charge on any atom is -0.350 e. The van der Waals surface area contributed by atoms with Crippen molar-refractivity contribution in [1.82, 2.24) is 5.32 Å². The van der Waals surface area contributed by atoms with Gasteiger partial charge in [0.2, 0.25) is 5.66 Å². The van der Waals surface area contributed by atoms with E-state index in [1.165, 1.54) is 0 Å². The number of carbonyl (C=O) groups excluding carboxylic acids is 2. The second kappa shape index (κ2) is 4.33. The van der Waals surface area contributed by atoms with Crippen molar-refractivity contribution in [3.05, 3.63) is 58.1 Å². The zero-order valence-electron chi connectivity index (χ0n) is 11.7. The van der Waals surface area contributed by atoms with Crippen LogP contribution < -0.4 is 15.5 Å². The summed E-state index contributed by atoms with van der Waals surface area (Å²) >= 11 is 3.43. The minimum absolute atomic E-state index is 0.205. The smallest absolute Gasteiger partial charge is 0.278 e. The number of hydrogen-bond donors (Lipinski definition) is 2. The number of amides is 2. The molecule has 5 nitrogen and oxygen atoms in total. The van der Waals surface area contributed by atoms with Crippen molar-refractivity contribution in [2.24, 2.45) is 0 Å². The SMILES string of the molecule is CN1C(=O)[C@@]2(NC(=O)c3ccccc3N2)c2cc(Br)ccc21. The third-order valence-electron chi connectivity index (χ3n) is 4.14. The molecule has 1 atom stereocenters. The first-order chi connectivity index (χ1) is 10.5. The van der Waals surface area contributed by atoms with Crippen LogP contribution in [0, 0.1) is 0 Å². The first-order valence-corrected chi connectivity index (χ1v) is 7.60.